The third-order valence-corrected chi connectivity index (χ3v) is 14.5. The van der Waals surface area contributed by atoms with E-state index in [1.165, 1.54) is 6.08 Å². The third kappa shape index (κ3) is 8.64. The molecule has 4 N–H and O–H groups in total. The van der Waals surface area contributed by atoms with Crippen LogP contribution in [0.1, 0.15) is 112 Å². The van der Waals surface area contributed by atoms with Crippen molar-refractivity contribution in [1.29, 1.82) is 0 Å². The van der Waals surface area contributed by atoms with Gasteiger partial charge in [0.1, 0.15) is 12.1 Å². The molecule has 4 fully saturated rings. The van der Waals surface area contributed by atoms with E-state index in [-0.39, 0.29) is 42.4 Å². The lowest BCUT2D eigenvalue weighted by atomic mass is 9.83. The number of ketones is 1. The molecule has 1 spiro atoms. The van der Waals surface area contributed by atoms with Crippen molar-refractivity contribution in [1.82, 2.24) is 26.2 Å². The molecular weight excluding hydrogens is 671 g/mol. The Bertz CT molecular complexity index is 1520. The number of hydrogen-bond donors (Lipinski definition) is 4. The van der Waals surface area contributed by atoms with Crippen molar-refractivity contribution >= 4 is 39.4 Å². The summed E-state index contributed by atoms with van der Waals surface area (Å²) in [6.07, 6.45) is 14.6. The van der Waals surface area contributed by atoms with E-state index in [4.69, 9.17) is 6.42 Å². The van der Waals surface area contributed by atoms with Gasteiger partial charge in [0.25, 0.3) is 5.91 Å². The highest BCUT2D eigenvalue weighted by Crippen LogP contribution is 2.72. The van der Waals surface area contributed by atoms with E-state index < -0.39 is 73.2 Å². The number of terminal acetylenes is 1. The number of carbonyl (C=O) groups is 5. The number of nitrogens with zero attached hydrogens (tertiary/aromatic N) is 1. The van der Waals surface area contributed by atoms with Crippen LogP contribution < -0.4 is 21.3 Å². The molecule has 0 aromatic heterocycles. The van der Waals surface area contributed by atoms with Crippen LogP contribution in [0.4, 0.5) is 4.79 Å². The molecule has 4 rings (SSSR count). The first-order valence-electron chi connectivity index (χ1n) is 18.5. The third-order valence-electron chi connectivity index (χ3n) is 11.7. The van der Waals surface area contributed by atoms with Crippen LogP contribution in [0.25, 0.3) is 0 Å². The maximum atomic E-state index is 14.6. The number of urea groups is 1. The van der Waals surface area contributed by atoms with Crippen LogP contribution in [-0.4, -0.2) is 90.1 Å². The fourth-order valence-corrected chi connectivity index (χ4v) is 10.3. The van der Waals surface area contributed by atoms with E-state index in [2.05, 4.69) is 33.8 Å². The molecule has 3 aliphatic carbocycles. The summed E-state index contributed by atoms with van der Waals surface area (Å²) in [6.45, 7) is 14.4. The zero-order valence-corrected chi connectivity index (χ0v) is 32.2. The molecule has 5 atom stereocenters. The average Bonchev–Trinajstić information content (AvgIpc) is 3.35. The van der Waals surface area contributed by atoms with Crippen molar-refractivity contribution in [3.05, 3.63) is 12.7 Å². The zero-order valence-electron chi connectivity index (χ0n) is 31.4. The van der Waals surface area contributed by atoms with Crippen LogP contribution in [0.2, 0.25) is 0 Å². The van der Waals surface area contributed by atoms with Crippen molar-refractivity contribution in [3.63, 3.8) is 0 Å². The number of rotatable bonds is 13. The number of amides is 5. The minimum absolute atomic E-state index is 0.0492. The second kappa shape index (κ2) is 15.3. The molecule has 1 heterocycles. The van der Waals surface area contributed by atoms with Gasteiger partial charge in [0, 0.05) is 19.5 Å². The van der Waals surface area contributed by atoms with Gasteiger partial charge in [-0.3, -0.25) is 19.2 Å². The molecule has 51 heavy (non-hydrogen) atoms. The first-order chi connectivity index (χ1) is 23.7. The summed E-state index contributed by atoms with van der Waals surface area (Å²) in [4.78, 5) is 70.0. The molecule has 3 saturated carbocycles. The Morgan fingerprint density at radius 1 is 0.961 bits per heavy atom. The van der Waals surface area contributed by atoms with Crippen LogP contribution in [0.3, 0.4) is 0 Å². The van der Waals surface area contributed by atoms with Gasteiger partial charge in [-0.15, -0.1) is 18.9 Å². The van der Waals surface area contributed by atoms with Crippen LogP contribution >= 0.6 is 0 Å². The van der Waals surface area contributed by atoms with E-state index in [9.17, 15) is 32.4 Å². The van der Waals surface area contributed by atoms with Crippen molar-refractivity contribution in [2.45, 2.75) is 141 Å². The summed E-state index contributed by atoms with van der Waals surface area (Å²) in [5.74, 6) is -0.351. The number of carbonyl (C=O) groups excluding carboxylic acids is 5. The monoisotopic (exact) mass is 729 g/mol. The van der Waals surface area contributed by atoms with Gasteiger partial charge >= 0.3 is 6.03 Å². The van der Waals surface area contributed by atoms with Gasteiger partial charge in [-0.25, -0.2) is 13.2 Å². The lowest BCUT2D eigenvalue weighted by molar-refractivity contribution is -0.145. The Morgan fingerprint density at radius 2 is 1.57 bits per heavy atom. The number of nitrogens with one attached hydrogen (secondary N) is 4. The largest absolute Gasteiger partial charge is 0.346 e. The highest BCUT2D eigenvalue weighted by Gasteiger charge is 2.74. The number of fused-ring (bicyclic) bond motifs is 3. The molecule has 1 aliphatic heterocycles. The zero-order chi connectivity index (χ0) is 38.0. The molecule has 5 amide bonds. The summed E-state index contributed by atoms with van der Waals surface area (Å²) < 4.78 is 25.7. The first kappa shape index (κ1) is 40.4. The maximum Gasteiger partial charge on any atom is 0.315 e. The molecule has 0 aromatic rings. The minimum atomic E-state index is -3.58. The van der Waals surface area contributed by atoms with Crippen LogP contribution in [0.15, 0.2) is 12.7 Å². The topological polar surface area (TPSA) is 171 Å². The van der Waals surface area contributed by atoms with E-state index in [0.717, 1.165) is 44.9 Å². The Balaban J connectivity index is 1.59. The Morgan fingerprint density at radius 3 is 2.12 bits per heavy atom. The normalized spacial score (nSPS) is 24.7. The molecule has 12 nitrogen and oxygen atoms in total. The highest BCUT2D eigenvalue weighted by atomic mass is 32.2. The standard InChI is InChI=1S/C38H59N5O7S/c1-9-11-17-26(29(44)32(46)39-22-10-2)40-31(45)28-27-25(38(27)20-15-16-21-38)23-43(28)33(47)30(35(3,4)5)41-34(48)42-37(18-13-12-14-19-37)24-51(49,50)36(6,7)8/h1,10,25-28,30H,2,11-24H2,3-8H3,(H,39,46)(H,40,45)(H2,41,42,48)/t25?,26?,27?,28-,30+/m0/s1. The summed E-state index contributed by atoms with van der Waals surface area (Å²) in [5, 5.41) is 11.2. The summed E-state index contributed by atoms with van der Waals surface area (Å²) in [6, 6.07) is -3.74. The molecular formula is C38H59N5O7S. The van der Waals surface area contributed by atoms with Gasteiger partial charge < -0.3 is 26.2 Å². The summed E-state index contributed by atoms with van der Waals surface area (Å²) >= 11 is 0. The molecule has 3 unspecified atom stereocenters. The average molecular weight is 730 g/mol. The van der Waals surface area contributed by atoms with Gasteiger partial charge in [0.05, 0.1) is 22.1 Å². The first-order valence-corrected chi connectivity index (χ1v) is 20.2. The number of likely N-dealkylation sites (tertiary alicyclic amines) is 1. The lowest BCUT2D eigenvalue weighted by Crippen LogP contribution is -2.64. The molecule has 0 radical (unpaired) electrons. The molecule has 4 aliphatic rings. The molecule has 1 saturated heterocycles. The fourth-order valence-electron chi connectivity index (χ4n) is 8.73. The quantitative estimate of drug-likeness (QED) is 0.128. The van der Waals surface area contributed by atoms with E-state index in [1.54, 1.807) is 25.7 Å². The Hall–Kier alpha value is -3.40. The van der Waals surface area contributed by atoms with E-state index >= 15 is 0 Å². The van der Waals surface area contributed by atoms with Crippen LogP contribution in [0, 0.1) is 35.0 Å². The van der Waals surface area contributed by atoms with Crippen LogP contribution in [0.5, 0.6) is 0 Å². The fraction of sp³-hybridized carbons (Fsp3) is 0.763. The number of sulfone groups is 1. The van der Waals surface area contributed by atoms with Crippen molar-refractivity contribution in [3.8, 4) is 12.3 Å². The second-order valence-electron chi connectivity index (χ2n) is 17.3. The van der Waals surface area contributed by atoms with Gasteiger partial charge in [-0.1, -0.05) is 59.0 Å². The SMILES string of the molecule is C#CCCC(NC(=O)[C@@H]1C2C(CN1C(=O)[C@@H](NC(=O)NC1(CS(=O)(=O)C(C)(C)C)CCCCC1)C(C)(C)C)C21CCCC1)C(=O)C(=O)NCC=C. The predicted molar refractivity (Wildman–Crippen MR) is 196 cm³/mol. The summed E-state index contributed by atoms with van der Waals surface area (Å²) in [5.41, 5.74) is -1.80. The minimum Gasteiger partial charge on any atom is -0.346 e. The molecule has 0 aromatic carbocycles. The lowest BCUT2D eigenvalue weighted by Gasteiger charge is -2.41. The molecule has 0 bridgehead atoms. The van der Waals surface area contributed by atoms with Crippen LogP contribution in [-0.2, 0) is 29.0 Å². The number of Topliss-reactive ketones (excluding diaryl/α,β-unsaturated/α-hetero) is 1. The Kier molecular flexibility index (Phi) is 12.1. The van der Waals surface area contributed by atoms with Crippen molar-refractivity contribution < 1.29 is 32.4 Å². The highest BCUT2D eigenvalue weighted by molar-refractivity contribution is 7.92. The number of hydrogen-bond acceptors (Lipinski definition) is 7. The number of piperidine rings is 1. The van der Waals surface area contributed by atoms with Gasteiger partial charge in [0.2, 0.25) is 17.6 Å². The predicted octanol–water partition coefficient (Wildman–Crippen LogP) is 3.40. The second-order valence-corrected chi connectivity index (χ2v) is 20.0. The van der Waals surface area contributed by atoms with Gasteiger partial charge in [0.15, 0.2) is 9.84 Å². The van der Waals surface area contributed by atoms with E-state index in [0.29, 0.717) is 19.4 Å². The van der Waals surface area contributed by atoms with Crippen molar-refractivity contribution in [2.75, 3.05) is 18.8 Å². The molecule has 13 heteroatoms. The Labute approximate surface area is 304 Å². The van der Waals surface area contributed by atoms with Gasteiger partial charge in [-0.05, 0) is 75.5 Å². The van der Waals surface area contributed by atoms with Gasteiger partial charge in [-0.2, -0.15) is 0 Å². The smallest absolute Gasteiger partial charge is 0.315 e. The van der Waals surface area contributed by atoms with E-state index in [1.807, 2.05) is 20.8 Å². The molecule has 284 valence electrons. The maximum absolute atomic E-state index is 14.6. The van der Waals surface area contributed by atoms with Crippen molar-refractivity contribution in [2.24, 2.45) is 22.7 Å². The summed E-state index contributed by atoms with van der Waals surface area (Å²) in [7, 11) is -3.58.